The van der Waals surface area contributed by atoms with Crippen LogP contribution in [0.4, 0.5) is 0 Å². The molecule has 1 unspecified atom stereocenters. The first-order valence-corrected chi connectivity index (χ1v) is 9.11. The van der Waals surface area contributed by atoms with Crippen LogP contribution in [0.1, 0.15) is 68.7 Å². The molecule has 1 aliphatic rings. The van der Waals surface area contributed by atoms with E-state index in [1.165, 1.54) is 27.8 Å². The van der Waals surface area contributed by atoms with Gasteiger partial charge in [-0.25, -0.2) is 0 Å². The number of amides is 1. The van der Waals surface area contributed by atoms with Gasteiger partial charge in [0.25, 0.3) is 0 Å². The topological polar surface area (TPSA) is 29.1 Å². The average Bonchev–Trinajstić information content (AvgIpc) is 2.90. The molecule has 0 aliphatic heterocycles. The molecule has 0 saturated carbocycles. The molecular weight excluding hydrogens is 306 g/mol. The van der Waals surface area contributed by atoms with Gasteiger partial charge in [-0.15, -0.1) is 0 Å². The fourth-order valence-electron chi connectivity index (χ4n) is 3.92. The normalized spacial score (nSPS) is 16.3. The molecule has 1 amide bonds. The van der Waals surface area contributed by atoms with Gasteiger partial charge in [0.2, 0.25) is 5.91 Å². The predicted octanol–water partition coefficient (Wildman–Crippen LogP) is 5.39. The second kappa shape index (κ2) is 6.87. The van der Waals surface area contributed by atoms with E-state index >= 15 is 0 Å². The molecule has 2 heteroatoms. The summed E-state index contributed by atoms with van der Waals surface area (Å²) in [7, 11) is 0. The molecule has 2 aromatic carbocycles. The van der Waals surface area contributed by atoms with Crippen LogP contribution in [-0.4, -0.2) is 5.91 Å². The third kappa shape index (κ3) is 3.39. The molecule has 0 heterocycles. The number of rotatable bonds is 5. The number of hydrogen-bond acceptors (Lipinski definition) is 1. The lowest BCUT2D eigenvalue weighted by Gasteiger charge is -2.31. The van der Waals surface area contributed by atoms with Crippen LogP contribution in [0, 0.1) is 0 Å². The quantitative estimate of drug-likeness (QED) is 0.781. The van der Waals surface area contributed by atoms with E-state index in [1.807, 2.05) is 6.92 Å². The van der Waals surface area contributed by atoms with E-state index in [0.29, 0.717) is 6.42 Å². The lowest BCUT2D eigenvalue weighted by Crippen LogP contribution is -2.41. The zero-order valence-electron chi connectivity index (χ0n) is 15.6. The fraction of sp³-hybridized carbons (Fsp3) is 0.348. The van der Waals surface area contributed by atoms with Crippen LogP contribution in [0.5, 0.6) is 0 Å². The Balaban J connectivity index is 2.03. The molecule has 0 spiro atoms. The molecule has 25 heavy (non-hydrogen) atoms. The average molecular weight is 333 g/mol. The molecule has 0 aromatic heterocycles. The number of allylic oxidation sites excluding steroid dienone is 1. The maximum Gasteiger partial charge on any atom is 0.220 e. The van der Waals surface area contributed by atoms with Crippen molar-refractivity contribution in [2.24, 2.45) is 0 Å². The summed E-state index contributed by atoms with van der Waals surface area (Å²) in [6.45, 7) is 8.42. The first-order chi connectivity index (χ1) is 11.9. The number of carbonyl (C=O) groups excluding carboxylic acids is 1. The zero-order valence-corrected chi connectivity index (χ0v) is 15.6. The Labute approximate surface area is 151 Å². The van der Waals surface area contributed by atoms with Crippen LogP contribution in [-0.2, 0) is 10.3 Å². The van der Waals surface area contributed by atoms with Crippen molar-refractivity contribution >= 4 is 12.0 Å². The van der Waals surface area contributed by atoms with Gasteiger partial charge in [-0.2, -0.15) is 0 Å². The SMILES string of the molecule is CCCC(=O)NC(C)(C)c1ccccc1C1C(C)=Cc2ccccc21. The highest BCUT2D eigenvalue weighted by atomic mass is 16.1. The second-order valence-corrected chi connectivity index (χ2v) is 7.46. The van der Waals surface area contributed by atoms with Gasteiger partial charge in [0, 0.05) is 12.3 Å². The van der Waals surface area contributed by atoms with Crippen molar-refractivity contribution in [1.82, 2.24) is 5.32 Å². The molecule has 130 valence electrons. The maximum atomic E-state index is 12.2. The monoisotopic (exact) mass is 333 g/mol. The minimum atomic E-state index is -0.402. The van der Waals surface area contributed by atoms with E-state index < -0.39 is 5.54 Å². The van der Waals surface area contributed by atoms with Gasteiger partial charge in [0.05, 0.1) is 5.54 Å². The molecule has 2 nitrogen and oxygen atoms in total. The predicted molar refractivity (Wildman–Crippen MR) is 104 cm³/mol. The van der Waals surface area contributed by atoms with Gasteiger partial charge in [-0.1, -0.05) is 67.1 Å². The Morgan fingerprint density at radius 1 is 1.04 bits per heavy atom. The van der Waals surface area contributed by atoms with Crippen molar-refractivity contribution in [3.63, 3.8) is 0 Å². The highest BCUT2D eigenvalue weighted by Crippen LogP contribution is 2.43. The number of hydrogen-bond donors (Lipinski definition) is 1. The first kappa shape index (κ1) is 17.5. The van der Waals surface area contributed by atoms with Crippen molar-refractivity contribution in [2.45, 2.75) is 52.0 Å². The van der Waals surface area contributed by atoms with Crippen molar-refractivity contribution in [1.29, 1.82) is 0 Å². The van der Waals surface area contributed by atoms with Gasteiger partial charge in [-0.3, -0.25) is 4.79 Å². The Kier molecular flexibility index (Phi) is 4.80. The standard InChI is InChI=1S/C23H27NO/c1-5-10-21(25)24-23(3,4)20-14-9-8-13-19(20)22-16(2)15-17-11-6-7-12-18(17)22/h6-9,11-15,22H,5,10H2,1-4H3,(H,24,25). The van der Waals surface area contributed by atoms with Crippen LogP contribution in [0.15, 0.2) is 54.1 Å². The van der Waals surface area contributed by atoms with Gasteiger partial charge < -0.3 is 5.32 Å². The molecule has 1 aliphatic carbocycles. The molecule has 1 N–H and O–H groups in total. The zero-order chi connectivity index (χ0) is 18.0. The van der Waals surface area contributed by atoms with Crippen molar-refractivity contribution in [3.05, 3.63) is 76.4 Å². The van der Waals surface area contributed by atoms with Crippen LogP contribution < -0.4 is 5.32 Å². The minimum absolute atomic E-state index is 0.112. The minimum Gasteiger partial charge on any atom is -0.347 e. The van der Waals surface area contributed by atoms with Gasteiger partial charge in [-0.05, 0) is 49.4 Å². The van der Waals surface area contributed by atoms with Gasteiger partial charge in [0.15, 0.2) is 0 Å². The maximum absolute atomic E-state index is 12.2. The fourth-order valence-corrected chi connectivity index (χ4v) is 3.92. The first-order valence-electron chi connectivity index (χ1n) is 9.11. The second-order valence-electron chi connectivity index (χ2n) is 7.46. The van der Waals surface area contributed by atoms with E-state index in [0.717, 1.165) is 6.42 Å². The Bertz CT molecular complexity index is 816. The summed E-state index contributed by atoms with van der Waals surface area (Å²) >= 11 is 0. The summed E-state index contributed by atoms with van der Waals surface area (Å²) in [5, 5.41) is 3.22. The van der Waals surface area contributed by atoms with E-state index in [4.69, 9.17) is 0 Å². The van der Waals surface area contributed by atoms with Crippen molar-refractivity contribution < 1.29 is 4.79 Å². The Hall–Kier alpha value is -2.35. The molecular formula is C23H27NO. The summed E-state index contributed by atoms with van der Waals surface area (Å²) in [4.78, 5) is 12.2. The van der Waals surface area contributed by atoms with E-state index in [1.54, 1.807) is 0 Å². The largest absolute Gasteiger partial charge is 0.347 e. The Morgan fingerprint density at radius 3 is 2.40 bits per heavy atom. The van der Waals surface area contributed by atoms with Gasteiger partial charge in [0.1, 0.15) is 0 Å². The molecule has 0 radical (unpaired) electrons. The summed E-state index contributed by atoms with van der Waals surface area (Å²) in [5.74, 6) is 0.371. The van der Waals surface area contributed by atoms with Crippen LogP contribution in [0.3, 0.4) is 0 Å². The van der Waals surface area contributed by atoms with Crippen LogP contribution in [0.2, 0.25) is 0 Å². The van der Waals surface area contributed by atoms with Crippen LogP contribution in [0.25, 0.3) is 6.08 Å². The molecule has 0 saturated heterocycles. The number of benzene rings is 2. The molecule has 0 bridgehead atoms. The lowest BCUT2D eigenvalue weighted by molar-refractivity contribution is -0.122. The third-order valence-electron chi connectivity index (χ3n) is 5.02. The van der Waals surface area contributed by atoms with Crippen LogP contribution >= 0.6 is 0 Å². The third-order valence-corrected chi connectivity index (χ3v) is 5.02. The smallest absolute Gasteiger partial charge is 0.220 e. The number of nitrogens with one attached hydrogen (secondary N) is 1. The Morgan fingerprint density at radius 2 is 1.68 bits per heavy atom. The lowest BCUT2D eigenvalue weighted by atomic mass is 9.80. The summed E-state index contributed by atoms with van der Waals surface area (Å²) < 4.78 is 0. The molecule has 0 fully saturated rings. The van der Waals surface area contributed by atoms with Crippen molar-refractivity contribution in [2.75, 3.05) is 0 Å². The molecule has 1 atom stereocenters. The van der Waals surface area contributed by atoms with E-state index in [9.17, 15) is 4.79 Å². The summed E-state index contributed by atoms with van der Waals surface area (Å²) in [5.41, 5.74) is 6.07. The summed E-state index contributed by atoms with van der Waals surface area (Å²) in [6, 6.07) is 17.1. The van der Waals surface area contributed by atoms with Crippen molar-refractivity contribution in [3.8, 4) is 0 Å². The molecule has 3 rings (SSSR count). The number of fused-ring (bicyclic) bond motifs is 1. The highest BCUT2D eigenvalue weighted by Gasteiger charge is 2.31. The summed E-state index contributed by atoms with van der Waals surface area (Å²) in [6.07, 6.45) is 3.71. The van der Waals surface area contributed by atoms with Gasteiger partial charge >= 0.3 is 0 Å². The number of carbonyl (C=O) groups is 1. The highest BCUT2D eigenvalue weighted by molar-refractivity contribution is 5.77. The van der Waals surface area contributed by atoms with E-state index in [-0.39, 0.29) is 11.8 Å². The van der Waals surface area contributed by atoms with E-state index in [2.05, 4.69) is 80.7 Å². The molecule has 2 aromatic rings.